The molecule has 0 aromatic heterocycles. The maximum atomic E-state index is 13.4. The van der Waals surface area contributed by atoms with Gasteiger partial charge < -0.3 is 20.1 Å². The first-order chi connectivity index (χ1) is 13.3. The Balaban J connectivity index is 1.25. The summed E-state index contributed by atoms with van der Waals surface area (Å²) < 4.78 is 24.1. The number of amides is 2. The van der Waals surface area contributed by atoms with Crippen molar-refractivity contribution in [3.05, 3.63) is 29.0 Å². The van der Waals surface area contributed by atoms with Gasteiger partial charge in [0.25, 0.3) is 5.91 Å². The van der Waals surface area contributed by atoms with Crippen LogP contribution in [0.25, 0.3) is 0 Å². The highest BCUT2D eigenvalue weighted by molar-refractivity contribution is 6.30. The van der Waals surface area contributed by atoms with Crippen molar-refractivity contribution in [1.82, 2.24) is 16.0 Å². The Morgan fingerprint density at radius 1 is 1.39 bits per heavy atom. The molecule has 1 aromatic rings. The Kier molecular flexibility index (Phi) is 5.20. The van der Waals surface area contributed by atoms with Gasteiger partial charge in [-0.05, 0) is 44.2 Å². The van der Waals surface area contributed by atoms with Crippen LogP contribution >= 0.6 is 11.6 Å². The summed E-state index contributed by atoms with van der Waals surface area (Å²) in [5.41, 5.74) is -0.246. The summed E-state index contributed by atoms with van der Waals surface area (Å²) in [6, 6.07) is 3.71. The molecule has 1 saturated heterocycles. The molecule has 0 radical (unpaired) electrons. The molecule has 4 fully saturated rings. The summed E-state index contributed by atoms with van der Waals surface area (Å²) in [5.74, 6) is -0.318. The maximum absolute atomic E-state index is 13.4. The van der Waals surface area contributed by atoms with Crippen LogP contribution in [-0.2, 0) is 14.3 Å². The van der Waals surface area contributed by atoms with Crippen LogP contribution in [0.2, 0.25) is 5.02 Å². The van der Waals surface area contributed by atoms with Crippen molar-refractivity contribution >= 4 is 23.4 Å². The quantitative estimate of drug-likeness (QED) is 0.657. The van der Waals surface area contributed by atoms with E-state index in [0.29, 0.717) is 19.1 Å². The predicted octanol–water partition coefficient (Wildman–Crippen LogP) is 1.35. The van der Waals surface area contributed by atoms with Gasteiger partial charge in [-0.15, -0.1) is 0 Å². The van der Waals surface area contributed by atoms with E-state index < -0.39 is 5.82 Å². The summed E-state index contributed by atoms with van der Waals surface area (Å²) in [7, 11) is 0. The zero-order chi connectivity index (χ0) is 19.9. The van der Waals surface area contributed by atoms with Crippen molar-refractivity contribution in [2.75, 3.05) is 13.3 Å². The van der Waals surface area contributed by atoms with Crippen LogP contribution in [-0.4, -0.2) is 48.9 Å². The molecule has 7 nitrogen and oxygen atoms in total. The van der Waals surface area contributed by atoms with Gasteiger partial charge >= 0.3 is 0 Å². The second-order valence-electron chi connectivity index (χ2n) is 7.88. The Hall–Kier alpha value is -1.90. The van der Waals surface area contributed by atoms with E-state index in [2.05, 4.69) is 16.0 Å². The minimum atomic E-state index is -0.592. The summed E-state index contributed by atoms with van der Waals surface area (Å²) in [6.07, 6.45) is 2.26. The topological polar surface area (TPSA) is 88.7 Å². The predicted molar refractivity (Wildman–Crippen MR) is 99.4 cm³/mol. The average molecular weight is 412 g/mol. The summed E-state index contributed by atoms with van der Waals surface area (Å²) in [6.45, 7) is 2.05. The lowest BCUT2D eigenvalue weighted by atomic mass is 9.76. The van der Waals surface area contributed by atoms with E-state index in [4.69, 9.17) is 21.1 Å². The number of carbonyl (C=O) groups excluding carboxylic acids is 2. The van der Waals surface area contributed by atoms with E-state index in [1.165, 1.54) is 12.1 Å². The lowest BCUT2D eigenvalue weighted by Gasteiger charge is -2.39. The second kappa shape index (κ2) is 7.50. The second-order valence-corrected chi connectivity index (χ2v) is 8.29. The third-order valence-electron chi connectivity index (χ3n) is 5.88. The van der Waals surface area contributed by atoms with E-state index in [9.17, 15) is 14.0 Å². The van der Waals surface area contributed by atoms with Crippen molar-refractivity contribution in [2.24, 2.45) is 5.92 Å². The van der Waals surface area contributed by atoms with E-state index in [1.807, 2.05) is 6.92 Å². The highest BCUT2D eigenvalue weighted by atomic mass is 35.5. The van der Waals surface area contributed by atoms with Crippen LogP contribution in [0.5, 0.6) is 5.75 Å². The zero-order valence-corrected chi connectivity index (χ0v) is 16.2. The molecule has 3 aliphatic carbocycles. The number of benzene rings is 1. The van der Waals surface area contributed by atoms with E-state index in [0.717, 1.165) is 18.9 Å². The molecule has 152 valence electrons. The van der Waals surface area contributed by atoms with E-state index in [1.54, 1.807) is 0 Å². The van der Waals surface area contributed by atoms with Crippen LogP contribution in [0, 0.1) is 11.7 Å². The molecule has 3 N–H and O–H groups in total. The van der Waals surface area contributed by atoms with Crippen molar-refractivity contribution in [3.8, 4) is 5.75 Å². The van der Waals surface area contributed by atoms with Gasteiger partial charge in [0.15, 0.2) is 6.61 Å². The van der Waals surface area contributed by atoms with Crippen molar-refractivity contribution in [3.63, 3.8) is 0 Å². The first kappa shape index (κ1) is 19.4. The Labute approximate surface area is 167 Å². The standard InChI is InChI=1S/C19H23ClFN3O4/c1-10-17(22-9-28-10)18(26)24-19-5-11(6-19)15(7-19)23-16(25)8-27-12-2-3-13(20)14(21)4-12/h2-4,10-11,15,17,22H,5-9H2,1H3,(H,23,25)(H,24,26). The van der Waals surface area contributed by atoms with Gasteiger partial charge in [0.05, 0.1) is 17.9 Å². The Morgan fingerprint density at radius 3 is 2.86 bits per heavy atom. The van der Waals surface area contributed by atoms with E-state index >= 15 is 0 Å². The molecule has 3 atom stereocenters. The third kappa shape index (κ3) is 3.81. The van der Waals surface area contributed by atoms with Gasteiger partial charge in [0.1, 0.15) is 17.6 Å². The molecule has 1 aromatic carbocycles. The van der Waals surface area contributed by atoms with Crippen LogP contribution in [0.3, 0.4) is 0 Å². The first-order valence-corrected chi connectivity index (χ1v) is 9.77. The highest BCUT2D eigenvalue weighted by Gasteiger charge is 2.57. The summed E-state index contributed by atoms with van der Waals surface area (Å²) >= 11 is 5.63. The molecule has 9 heteroatoms. The first-order valence-electron chi connectivity index (χ1n) is 9.39. The fourth-order valence-electron chi connectivity index (χ4n) is 4.45. The van der Waals surface area contributed by atoms with Crippen LogP contribution in [0.4, 0.5) is 4.39 Å². The van der Waals surface area contributed by atoms with Crippen LogP contribution < -0.4 is 20.7 Å². The Morgan fingerprint density at radius 2 is 2.18 bits per heavy atom. The largest absolute Gasteiger partial charge is 0.484 e. The molecular weight excluding hydrogens is 389 g/mol. The third-order valence-corrected chi connectivity index (χ3v) is 6.19. The highest BCUT2D eigenvalue weighted by Crippen LogP contribution is 2.52. The molecule has 5 rings (SSSR count). The molecule has 28 heavy (non-hydrogen) atoms. The summed E-state index contributed by atoms with van der Waals surface area (Å²) in [5, 5.41) is 9.16. The number of halogens is 2. The molecule has 1 aliphatic heterocycles. The van der Waals surface area contributed by atoms with E-state index in [-0.39, 0.29) is 52.9 Å². The number of ether oxygens (including phenoxy) is 2. The van der Waals surface area contributed by atoms with Gasteiger partial charge in [0.2, 0.25) is 5.91 Å². The number of carbonyl (C=O) groups is 2. The lowest BCUT2D eigenvalue weighted by molar-refractivity contribution is -0.127. The monoisotopic (exact) mass is 411 g/mol. The molecule has 1 heterocycles. The van der Waals surface area contributed by atoms with Crippen LogP contribution in [0.15, 0.2) is 18.2 Å². The van der Waals surface area contributed by atoms with Gasteiger partial charge in [-0.1, -0.05) is 11.6 Å². The minimum Gasteiger partial charge on any atom is -0.484 e. The fraction of sp³-hybridized carbons (Fsp3) is 0.579. The number of fused-ring (bicyclic) bond motifs is 1. The molecular formula is C19H23ClFN3O4. The minimum absolute atomic E-state index is 0.00330. The average Bonchev–Trinajstić information content (AvgIpc) is 3.28. The molecule has 3 saturated carbocycles. The number of rotatable bonds is 6. The molecule has 0 spiro atoms. The van der Waals surface area contributed by atoms with Crippen LogP contribution in [0.1, 0.15) is 26.2 Å². The lowest BCUT2D eigenvalue weighted by Crippen LogP contribution is -2.57. The fourth-order valence-corrected chi connectivity index (χ4v) is 4.56. The Bertz CT molecular complexity index is 786. The molecule has 4 aliphatic rings. The number of hydrogen-bond acceptors (Lipinski definition) is 5. The van der Waals surface area contributed by atoms with Crippen molar-refractivity contribution in [1.29, 1.82) is 0 Å². The van der Waals surface area contributed by atoms with Crippen molar-refractivity contribution in [2.45, 2.75) is 49.9 Å². The molecule has 2 amide bonds. The van der Waals surface area contributed by atoms with Gasteiger partial charge in [-0.25, -0.2) is 4.39 Å². The summed E-state index contributed by atoms with van der Waals surface area (Å²) in [4.78, 5) is 24.7. The van der Waals surface area contributed by atoms with Gasteiger partial charge in [-0.3, -0.25) is 14.9 Å². The SMILES string of the molecule is CC1OCNC1C(=O)NC12CC(C1)C(NC(=O)COc1ccc(Cl)c(F)c1)C2. The molecule has 3 unspecified atom stereocenters. The van der Waals surface area contributed by atoms with Gasteiger partial charge in [-0.2, -0.15) is 0 Å². The van der Waals surface area contributed by atoms with Crippen molar-refractivity contribution < 1.29 is 23.5 Å². The number of nitrogens with one attached hydrogen (secondary N) is 3. The molecule has 2 bridgehead atoms. The maximum Gasteiger partial charge on any atom is 0.258 e. The smallest absolute Gasteiger partial charge is 0.258 e. The normalized spacial score (nSPS) is 33.2. The number of hydrogen-bond donors (Lipinski definition) is 3. The van der Waals surface area contributed by atoms with Gasteiger partial charge in [0, 0.05) is 17.6 Å². The zero-order valence-electron chi connectivity index (χ0n) is 15.5.